The molecule has 0 spiro atoms. The van der Waals surface area contributed by atoms with Gasteiger partial charge in [-0.25, -0.2) is 4.98 Å². The van der Waals surface area contributed by atoms with E-state index in [1.165, 1.54) is 0 Å². The second kappa shape index (κ2) is 7.08. The maximum absolute atomic E-state index is 11.8. The first-order valence-electron chi connectivity index (χ1n) is 6.71. The number of aromatic nitrogens is 1. The summed E-state index contributed by atoms with van der Waals surface area (Å²) in [6, 6.07) is 6.91. The van der Waals surface area contributed by atoms with Crippen LogP contribution in [-0.4, -0.2) is 30.1 Å². The molecule has 2 aromatic rings. The van der Waals surface area contributed by atoms with Crippen LogP contribution in [0.5, 0.6) is 5.75 Å². The van der Waals surface area contributed by atoms with E-state index in [0.717, 1.165) is 16.4 Å². The number of thiazole rings is 1. The number of carbonyl (C=O) groups is 1. The first-order chi connectivity index (χ1) is 10.0. The van der Waals surface area contributed by atoms with Crippen LogP contribution >= 0.6 is 11.3 Å². The van der Waals surface area contributed by atoms with Crippen molar-refractivity contribution in [2.45, 2.75) is 19.4 Å². The van der Waals surface area contributed by atoms with E-state index in [-0.39, 0.29) is 11.7 Å². The van der Waals surface area contributed by atoms with Crippen LogP contribution in [0.2, 0.25) is 0 Å². The van der Waals surface area contributed by atoms with Crippen molar-refractivity contribution in [2.24, 2.45) is 0 Å². The molecule has 2 N–H and O–H groups in total. The van der Waals surface area contributed by atoms with Gasteiger partial charge in [0.1, 0.15) is 5.75 Å². The Kier molecular flexibility index (Phi) is 5.16. The highest BCUT2D eigenvalue weighted by molar-refractivity contribution is 7.13. The highest BCUT2D eigenvalue weighted by Crippen LogP contribution is 2.17. The molecule has 0 aliphatic heterocycles. The number of aryl methyl sites for hydroxylation is 1. The molecule has 0 saturated carbocycles. The van der Waals surface area contributed by atoms with Gasteiger partial charge in [0.25, 0.3) is 0 Å². The Balaban J connectivity index is 1.75. The second-order valence-corrected chi connectivity index (χ2v) is 5.80. The number of benzene rings is 1. The van der Waals surface area contributed by atoms with Crippen molar-refractivity contribution in [2.75, 3.05) is 19.0 Å². The average Bonchev–Trinajstić information content (AvgIpc) is 2.93. The van der Waals surface area contributed by atoms with Crippen LogP contribution in [0, 0.1) is 0 Å². The molecule has 1 aromatic carbocycles. The van der Waals surface area contributed by atoms with E-state index in [1.807, 2.05) is 36.5 Å². The molecule has 1 aromatic heterocycles. The van der Waals surface area contributed by atoms with Gasteiger partial charge in [0.2, 0.25) is 5.91 Å². The number of anilines is 1. The number of rotatable bonds is 6. The summed E-state index contributed by atoms with van der Waals surface area (Å²) in [5, 5.41) is 15.0. The molecule has 5 nitrogen and oxygen atoms in total. The summed E-state index contributed by atoms with van der Waals surface area (Å²) in [5.74, 6) is 0.242. The lowest BCUT2D eigenvalue weighted by atomic mass is 10.1. The fourth-order valence-electron chi connectivity index (χ4n) is 1.78. The SMILES string of the molecule is CN(C)c1nc(CNC(=O)CCc2ccc(O)cc2)cs1. The predicted molar refractivity (Wildman–Crippen MR) is 84.7 cm³/mol. The lowest BCUT2D eigenvalue weighted by molar-refractivity contribution is -0.121. The summed E-state index contributed by atoms with van der Waals surface area (Å²) in [6.45, 7) is 0.457. The van der Waals surface area contributed by atoms with Crippen LogP contribution in [0.4, 0.5) is 5.13 Å². The zero-order chi connectivity index (χ0) is 15.2. The predicted octanol–water partition coefficient (Wildman–Crippen LogP) is 2.16. The number of nitrogens with one attached hydrogen (secondary N) is 1. The molecule has 0 unspecified atom stereocenters. The van der Waals surface area contributed by atoms with E-state index < -0.39 is 0 Å². The fraction of sp³-hybridized carbons (Fsp3) is 0.333. The Morgan fingerprint density at radius 2 is 2.05 bits per heavy atom. The molecule has 112 valence electrons. The van der Waals surface area contributed by atoms with E-state index in [0.29, 0.717) is 19.4 Å². The lowest BCUT2D eigenvalue weighted by Crippen LogP contribution is -2.23. The lowest BCUT2D eigenvalue weighted by Gasteiger charge is -2.06. The van der Waals surface area contributed by atoms with Crippen molar-refractivity contribution in [3.63, 3.8) is 0 Å². The summed E-state index contributed by atoms with van der Waals surface area (Å²) >= 11 is 1.56. The number of phenols is 1. The highest BCUT2D eigenvalue weighted by atomic mass is 32.1. The molecule has 2 rings (SSSR count). The Hall–Kier alpha value is -2.08. The van der Waals surface area contributed by atoms with Gasteiger partial charge >= 0.3 is 0 Å². The first kappa shape index (κ1) is 15.3. The summed E-state index contributed by atoms with van der Waals surface area (Å²) in [5.41, 5.74) is 1.91. The van der Waals surface area contributed by atoms with Crippen molar-refractivity contribution < 1.29 is 9.90 Å². The van der Waals surface area contributed by atoms with Crippen LogP contribution in [0.3, 0.4) is 0 Å². The molecular formula is C15H19N3O2S. The molecule has 1 heterocycles. The molecule has 1 amide bonds. The number of aromatic hydroxyl groups is 1. The van der Waals surface area contributed by atoms with Crippen molar-refractivity contribution >= 4 is 22.4 Å². The molecule has 0 aliphatic rings. The van der Waals surface area contributed by atoms with Gasteiger partial charge in [-0.2, -0.15) is 0 Å². The average molecular weight is 305 g/mol. The minimum absolute atomic E-state index is 0.00229. The van der Waals surface area contributed by atoms with Crippen LogP contribution in [0.1, 0.15) is 17.7 Å². The summed E-state index contributed by atoms with van der Waals surface area (Å²) in [7, 11) is 3.89. The zero-order valence-electron chi connectivity index (χ0n) is 12.2. The molecule has 0 bridgehead atoms. The topological polar surface area (TPSA) is 65.5 Å². The molecular weight excluding hydrogens is 286 g/mol. The smallest absolute Gasteiger partial charge is 0.220 e. The Bertz CT molecular complexity index is 593. The van der Waals surface area contributed by atoms with Crippen LogP contribution in [0.25, 0.3) is 0 Å². The normalized spacial score (nSPS) is 10.4. The molecule has 0 radical (unpaired) electrons. The summed E-state index contributed by atoms with van der Waals surface area (Å²) in [4.78, 5) is 18.2. The Morgan fingerprint density at radius 1 is 1.33 bits per heavy atom. The molecule has 0 fully saturated rings. The van der Waals surface area contributed by atoms with E-state index in [9.17, 15) is 9.90 Å². The third-order valence-electron chi connectivity index (χ3n) is 2.97. The summed E-state index contributed by atoms with van der Waals surface area (Å²) < 4.78 is 0. The first-order valence-corrected chi connectivity index (χ1v) is 7.59. The van der Waals surface area contributed by atoms with Gasteiger partial charge in [-0.15, -0.1) is 11.3 Å². The zero-order valence-corrected chi connectivity index (χ0v) is 13.0. The van der Waals surface area contributed by atoms with Crippen molar-refractivity contribution in [1.29, 1.82) is 0 Å². The van der Waals surface area contributed by atoms with E-state index >= 15 is 0 Å². The molecule has 21 heavy (non-hydrogen) atoms. The summed E-state index contributed by atoms with van der Waals surface area (Å²) in [6.07, 6.45) is 1.08. The number of hydrogen-bond donors (Lipinski definition) is 2. The van der Waals surface area contributed by atoms with Crippen LogP contribution < -0.4 is 10.2 Å². The van der Waals surface area contributed by atoms with Crippen LogP contribution in [-0.2, 0) is 17.8 Å². The number of phenolic OH excluding ortho intramolecular Hbond substituents is 1. The molecule has 6 heteroatoms. The van der Waals surface area contributed by atoms with Gasteiger partial charge in [-0.3, -0.25) is 4.79 Å². The molecule has 0 atom stereocenters. The maximum Gasteiger partial charge on any atom is 0.220 e. The number of hydrogen-bond acceptors (Lipinski definition) is 5. The minimum Gasteiger partial charge on any atom is -0.508 e. The minimum atomic E-state index is 0.00229. The van der Waals surface area contributed by atoms with Gasteiger partial charge in [0.15, 0.2) is 5.13 Å². The maximum atomic E-state index is 11.8. The Morgan fingerprint density at radius 3 is 2.67 bits per heavy atom. The molecule has 0 aliphatic carbocycles. The van der Waals surface area contributed by atoms with Gasteiger partial charge in [0.05, 0.1) is 12.2 Å². The Labute approximate surface area is 128 Å². The van der Waals surface area contributed by atoms with E-state index in [4.69, 9.17) is 0 Å². The highest BCUT2D eigenvalue weighted by Gasteiger charge is 2.06. The third kappa shape index (κ3) is 4.75. The van der Waals surface area contributed by atoms with Gasteiger partial charge in [-0.05, 0) is 24.1 Å². The van der Waals surface area contributed by atoms with E-state index in [2.05, 4.69) is 10.3 Å². The number of amides is 1. The monoisotopic (exact) mass is 305 g/mol. The quantitative estimate of drug-likeness (QED) is 0.858. The number of nitrogens with zero attached hydrogens (tertiary/aromatic N) is 2. The fourth-order valence-corrected chi connectivity index (χ4v) is 2.54. The van der Waals surface area contributed by atoms with Crippen molar-refractivity contribution in [1.82, 2.24) is 10.3 Å². The van der Waals surface area contributed by atoms with Crippen LogP contribution in [0.15, 0.2) is 29.6 Å². The van der Waals surface area contributed by atoms with Gasteiger partial charge in [-0.1, -0.05) is 12.1 Å². The molecule has 0 saturated heterocycles. The standard InChI is InChI=1S/C15H19N3O2S/c1-18(2)15-17-12(10-21-15)9-16-14(20)8-5-11-3-6-13(19)7-4-11/h3-4,6-7,10,19H,5,8-9H2,1-2H3,(H,16,20). The number of carbonyl (C=O) groups excluding carboxylic acids is 1. The van der Waals surface area contributed by atoms with Crippen molar-refractivity contribution in [3.8, 4) is 5.75 Å². The van der Waals surface area contributed by atoms with E-state index in [1.54, 1.807) is 23.5 Å². The van der Waals surface area contributed by atoms with Crippen molar-refractivity contribution in [3.05, 3.63) is 40.9 Å². The third-order valence-corrected chi connectivity index (χ3v) is 4.02. The second-order valence-electron chi connectivity index (χ2n) is 4.96. The largest absolute Gasteiger partial charge is 0.508 e. The van der Waals surface area contributed by atoms with Gasteiger partial charge < -0.3 is 15.3 Å². The van der Waals surface area contributed by atoms with Gasteiger partial charge in [0, 0.05) is 25.9 Å².